The second kappa shape index (κ2) is 12.0. The first-order chi connectivity index (χ1) is 19.1. The van der Waals surface area contributed by atoms with Crippen molar-refractivity contribution in [1.29, 1.82) is 0 Å². The number of fused-ring (bicyclic) bond motifs is 3. The molecule has 216 valence electrons. The molecule has 39 heavy (non-hydrogen) atoms. The zero-order chi connectivity index (χ0) is 26.7. The van der Waals surface area contributed by atoms with Crippen LogP contribution in [0.15, 0.2) is 24.3 Å². The van der Waals surface area contributed by atoms with Crippen LogP contribution in [0.5, 0.6) is 5.75 Å². The summed E-state index contributed by atoms with van der Waals surface area (Å²) in [5, 5.41) is 3.03. The van der Waals surface area contributed by atoms with Crippen LogP contribution in [-0.2, 0) is 28.5 Å². The van der Waals surface area contributed by atoms with E-state index in [2.05, 4.69) is 12.2 Å². The Kier molecular flexibility index (Phi) is 8.47. The van der Waals surface area contributed by atoms with Crippen molar-refractivity contribution in [2.75, 3.05) is 11.9 Å². The van der Waals surface area contributed by atoms with Crippen LogP contribution in [-0.4, -0.2) is 54.8 Å². The highest BCUT2D eigenvalue weighted by molar-refractivity contribution is 5.94. The summed E-state index contributed by atoms with van der Waals surface area (Å²) in [6.45, 7) is 2.93. The molecule has 5 fully saturated rings. The Morgan fingerprint density at radius 2 is 1.41 bits per heavy atom. The van der Waals surface area contributed by atoms with Crippen molar-refractivity contribution in [1.82, 2.24) is 0 Å². The molecule has 3 heterocycles. The first kappa shape index (κ1) is 27.5. The Labute approximate surface area is 232 Å². The summed E-state index contributed by atoms with van der Waals surface area (Å²) < 4.78 is 38.4. The number of anilines is 1. The molecule has 5 atom stereocenters. The lowest BCUT2D eigenvalue weighted by atomic mass is 9.94. The van der Waals surface area contributed by atoms with Gasteiger partial charge in [0, 0.05) is 31.4 Å². The van der Waals surface area contributed by atoms with Gasteiger partial charge in [-0.2, -0.15) is 0 Å². The van der Waals surface area contributed by atoms with Crippen molar-refractivity contribution < 1.29 is 33.2 Å². The fourth-order valence-electron chi connectivity index (χ4n) is 6.91. The van der Waals surface area contributed by atoms with Crippen molar-refractivity contribution in [3.05, 3.63) is 24.3 Å². The summed E-state index contributed by atoms with van der Waals surface area (Å²) in [5.41, 5.74) is 0.691. The number of hydrogen-bond acceptors (Lipinski definition) is 7. The van der Waals surface area contributed by atoms with E-state index in [0.717, 1.165) is 63.5 Å². The number of carbonyl (C=O) groups is 1. The monoisotopic (exact) mass is 543 g/mol. The van der Waals surface area contributed by atoms with Crippen molar-refractivity contribution >= 4 is 11.6 Å². The van der Waals surface area contributed by atoms with Gasteiger partial charge in [0.05, 0.1) is 6.61 Å². The summed E-state index contributed by atoms with van der Waals surface area (Å²) >= 11 is 0. The number of nitrogens with one attached hydrogen (secondary N) is 1. The molecule has 0 bridgehead atoms. The minimum absolute atomic E-state index is 0.252. The Bertz CT molecular complexity index is 956. The molecule has 2 aliphatic carbocycles. The van der Waals surface area contributed by atoms with Gasteiger partial charge in [0.2, 0.25) is 0 Å². The number of amides is 1. The van der Waals surface area contributed by atoms with Gasteiger partial charge in [-0.25, -0.2) is 0 Å². The third-order valence-corrected chi connectivity index (χ3v) is 9.01. The average Bonchev–Trinajstić information content (AvgIpc) is 3.49. The van der Waals surface area contributed by atoms with Crippen molar-refractivity contribution in [2.45, 2.75) is 146 Å². The minimum Gasteiger partial charge on any atom is -0.494 e. The average molecular weight is 544 g/mol. The zero-order valence-electron chi connectivity index (χ0n) is 23.4. The summed E-state index contributed by atoms with van der Waals surface area (Å²) in [7, 11) is 0. The molecule has 8 heteroatoms. The predicted octanol–water partition coefficient (Wildman–Crippen LogP) is 6.22. The van der Waals surface area contributed by atoms with Gasteiger partial charge in [-0.1, -0.05) is 45.4 Å². The van der Waals surface area contributed by atoms with E-state index in [9.17, 15) is 4.79 Å². The van der Waals surface area contributed by atoms with Gasteiger partial charge < -0.3 is 33.7 Å². The smallest absolute Gasteiger partial charge is 0.256 e. The number of carbonyl (C=O) groups excluding carboxylic acids is 1. The van der Waals surface area contributed by atoms with E-state index in [1.807, 2.05) is 24.3 Å². The lowest BCUT2D eigenvalue weighted by Crippen LogP contribution is -2.58. The molecular formula is C31H45NO7. The van der Waals surface area contributed by atoms with Crippen LogP contribution in [0.3, 0.4) is 0 Å². The molecular weight excluding hydrogens is 498 g/mol. The van der Waals surface area contributed by atoms with E-state index < -0.39 is 42.3 Å². The number of rotatable bonds is 9. The highest BCUT2D eigenvalue weighted by atomic mass is 16.9. The van der Waals surface area contributed by atoms with E-state index in [1.165, 1.54) is 38.5 Å². The molecule has 8 nitrogen and oxygen atoms in total. The fraction of sp³-hybridized carbons (Fsp3) is 0.774. The van der Waals surface area contributed by atoms with Gasteiger partial charge in [0.25, 0.3) is 5.91 Å². The van der Waals surface area contributed by atoms with E-state index in [-0.39, 0.29) is 5.91 Å². The second-order valence-corrected chi connectivity index (χ2v) is 12.0. The third kappa shape index (κ3) is 6.01. The van der Waals surface area contributed by atoms with Gasteiger partial charge in [0.15, 0.2) is 24.0 Å². The Balaban J connectivity index is 1.11. The van der Waals surface area contributed by atoms with E-state index in [0.29, 0.717) is 12.3 Å². The maximum Gasteiger partial charge on any atom is 0.256 e. The van der Waals surface area contributed by atoms with E-state index >= 15 is 0 Å². The molecule has 2 saturated carbocycles. The zero-order valence-corrected chi connectivity index (χ0v) is 23.4. The molecule has 1 aromatic carbocycles. The van der Waals surface area contributed by atoms with Crippen molar-refractivity contribution in [2.24, 2.45) is 0 Å². The quantitative estimate of drug-likeness (QED) is 0.370. The van der Waals surface area contributed by atoms with E-state index in [4.69, 9.17) is 28.4 Å². The van der Waals surface area contributed by atoms with Crippen LogP contribution in [0.2, 0.25) is 0 Å². The predicted molar refractivity (Wildman–Crippen MR) is 145 cm³/mol. The lowest BCUT2D eigenvalue weighted by molar-refractivity contribution is -0.246. The third-order valence-electron chi connectivity index (χ3n) is 9.01. The van der Waals surface area contributed by atoms with Gasteiger partial charge in [0.1, 0.15) is 24.1 Å². The van der Waals surface area contributed by atoms with Crippen LogP contribution in [0.4, 0.5) is 5.69 Å². The summed E-state index contributed by atoms with van der Waals surface area (Å²) in [6.07, 6.45) is 13.2. The largest absolute Gasteiger partial charge is 0.494 e. The normalized spacial score (nSPS) is 32.6. The van der Waals surface area contributed by atoms with Gasteiger partial charge in [-0.3, -0.25) is 4.79 Å². The molecule has 6 rings (SSSR count). The number of ether oxygens (including phenoxy) is 6. The Hall–Kier alpha value is -1.71. The lowest BCUT2D eigenvalue weighted by Gasteiger charge is -2.36. The maximum absolute atomic E-state index is 13.6. The molecule has 1 aromatic rings. The van der Waals surface area contributed by atoms with Gasteiger partial charge in [-0.05, 0) is 56.4 Å². The molecule has 0 radical (unpaired) electrons. The summed E-state index contributed by atoms with van der Waals surface area (Å²) in [6, 6.07) is 7.53. The van der Waals surface area contributed by atoms with Crippen LogP contribution in [0, 0.1) is 0 Å². The maximum atomic E-state index is 13.6. The Morgan fingerprint density at radius 1 is 0.795 bits per heavy atom. The summed E-state index contributed by atoms with van der Waals surface area (Å²) in [5.74, 6) is -0.744. The first-order valence-corrected chi connectivity index (χ1v) is 15.5. The van der Waals surface area contributed by atoms with Gasteiger partial charge >= 0.3 is 0 Å². The number of benzene rings is 1. The second-order valence-electron chi connectivity index (χ2n) is 12.0. The van der Waals surface area contributed by atoms with Crippen molar-refractivity contribution in [3.8, 4) is 5.75 Å². The molecule has 0 aromatic heterocycles. The first-order valence-electron chi connectivity index (χ1n) is 15.5. The van der Waals surface area contributed by atoms with Crippen LogP contribution < -0.4 is 10.1 Å². The van der Waals surface area contributed by atoms with E-state index in [1.54, 1.807) is 0 Å². The van der Waals surface area contributed by atoms with Crippen LogP contribution in [0.25, 0.3) is 0 Å². The fourth-order valence-corrected chi connectivity index (χ4v) is 6.91. The standard InChI is InChI=1S/C31H45NO7/c1-2-3-4-5-12-21-34-23-15-13-22(14-16-23)32-28(33)26-24-25(37-30(36-24)17-8-6-9-18-30)27-29(35-26)39-31(38-27)19-10-7-11-20-31/h13-16,24-27,29H,2-12,17-21H2,1H3,(H,32,33)/t24-,25-,26+,27-,29+/m0/s1. The van der Waals surface area contributed by atoms with Crippen molar-refractivity contribution in [3.63, 3.8) is 0 Å². The highest BCUT2D eigenvalue weighted by Gasteiger charge is 2.65. The van der Waals surface area contributed by atoms with Crippen LogP contribution >= 0.6 is 0 Å². The molecule has 3 saturated heterocycles. The SMILES string of the molecule is CCCCCCCOc1ccc(NC(=O)[C@@H]2O[C@@H]3OC4(CCCCC4)O[C@H]3[C@H]3OC4(CCCCC4)O[C@@H]32)cc1. The van der Waals surface area contributed by atoms with Gasteiger partial charge in [-0.15, -0.1) is 0 Å². The topological polar surface area (TPSA) is 84.5 Å². The highest BCUT2D eigenvalue weighted by Crippen LogP contribution is 2.51. The molecule has 1 amide bonds. The Morgan fingerprint density at radius 3 is 2.10 bits per heavy atom. The minimum atomic E-state index is -0.848. The van der Waals surface area contributed by atoms with Crippen LogP contribution in [0.1, 0.15) is 103 Å². The number of unbranched alkanes of at least 4 members (excludes halogenated alkanes) is 4. The summed E-state index contributed by atoms with van der Waals surface area (Å²) in [4.78, 5) is 13.6. The molecule has 0 unspecified atom stereocenters. The molecule has 1 N–H and O–H groups in total. The molecule has 2 spiro atoms. The molecule has 5 aliphatic rings. The number of hydrogen-bond donors (Lipinski definition) is 1. The molecule has 3 aliphatic heterocycles.